The van der Waals surface area contributed by atoms with E-state index in [1.54, 1.807) is 22.7 Å². The summed E-state index contributed by atoms with van der Waals surface area (Å²) in [4.78, 5) is 9.14. The Morgan fingerprint density at radius 1 is 0.905 bits per heavy atom. The third kappa shape index (κ3) is 1.49. The van der Waals surface area contributed by atoms with Gasteiger partial charge < -0.3 is 0 Å². The topological polar surface area (TPSA) is 77.8 Å². The minimum atomic E-state index is 0.479. The second-order valence-electron chi connectivity index (χ2n) is 4.66. The highest BCUT2D eigenvalue weighted by Gasteiger charge is 2.15. The van der Waals surface area contributed by atoms with E-state index in [4.69, 9.17) is 5.26 Å². The summed E-state index contributed by atoms with van der Waals surface area (Å²) in [5, 5.41) is 18.5. The number of hydrogen-bond acceptors (Lipinski definition) is 4. The van der Waals surface area contributed by atoms with Crippen molar-refractivity contribution in [3.05, 3.63) is 53.7 Å². The molecule has 5 nitrogen and oxygen atoms in total. The van der Waals surface area contributed by atoms with Crippen LogP contribution in [-0.4, -0.2) is 14.4 Å². The maximum absolute atomic E-state index is 9.42. The molecule has 21 heavy (non-hydrogen) atoms. The van der Waals surface area contributed by atoms with Crippen molar-refractivity contribution in [3.63, 3.8) is 0 Å². The predicted molar refractivity (Wildman–Crippen MR) is 77.4 cm³/mol. The van der Waals surface area contributed by atoms with E-state index in [2.05, 4.69) is 22.1 Å². The maximum atomic E-state index is 9.42. The van der Waals surface area contributed by atoms with E-state index in [0.29, 0.717) is 27.8 Å². The van der Waals surface area contributed by atoms with Crippen LogP contribution in [0, 0.1) is 22.7 Å². The first-order valence-electron chi connectivity index (χ1n) is 6.32. The van der Waals surface area contributed by atoms with Crippen molar-refractivity contribution < 1.29 is 0 Å². The summed E-state index contributed by atoms with van der Waals surface area (Å²) in [5.41, 5.74) is 4.37. The van der Waals surface area contributed by atoms with Gasteiger partial charge in [0, 0.05) is 6.20 Å². The van der Waals surface area contributed by atoms with Crippen LogP contribution in [0.3, 0.4) is 0 Å². The van der Waals surface area contributed by atoms with Gasteiger partial charge in [-0.1, -0.05) is 12.1 Å². The fraction of sp³-hybridized carbons (Fsp3) is 0. The fourth-order valence-corrected chi connectivity index (χ4v) is 2.50. The van der Waals surface area contributed by atoms with Crippen molar-refractivity contribution in [1.82, 2.24) is 14.4 Å². The molecule has 0 spiro atoms. The summed E-state index contributed by atoms with van der Waals surface area (Å²) in [6.07, 6.45) is 1.68. The summed E-state index contributed by atoms with van der Waals surface area (Å²) in [7, 11) is 0. The van der Waals surface area contributed by atoms with E-state index in [0.717, 1.165) is 11.0 Å². The summed E-state index contributed by atoms with van der Waals surface area (Å²) in [6.45, 7) is 0. The molecule has 1 aromatic carbocycles. The van der Waals surface area contributed by atoms with Gasteiger partial charge in [-0.15, -0.1) is 0 Å². The van der Waals surface area contributed by atoms with Crippen LogP contribution in [-0.2, 0) is 0 Å². The SMILES string of the molecule is N#Cc1ccc2c(C#N)c3nc4ccccc4nc3n2c1. The Morgan fingerprint density at radius 2 is 1.67 bits per heavy atom. The highest BCUT2D eigenvalue weighted by Crippen LogP contribution is 2.25. The molecule has 0 atom stereocenters. The van der Waals surface area contributed by atoms with Gasteiger partial charge in [-0.2, -0.15) is 10.5 Å². The van der Waals surface area contributed by atoms with Crippen LogP contribution in [0.15, 0.2) is 42.6 Å². The Labute approximate surface area is 119 Å². The Bertz CT molecular complexity index is 1110. The van der Waals surface area contributed by atoms with Crippen molar-refractivity contribution in [2.24, 2.45) is 0 Å². The quantitative estimate of drug-likeness (QED) is 0.491. The van der Waals surface area contributed by atoms with Gasteiger partial charge in [0.1, 0.15) is 23.2 Å². The van der Waals surface area contributed by atoms with Gasteiger partial charge in [0.05, 0.1) is 22.1 Å². The first-order valence-corrected chi connectivity index (χ1v) is 6.32. The van der Waals surface area contributed by atoms with Crippen LogP contribution in [0.1, 0.15) is 11.1 Å². The largest absolute Gasteiger partial charge is 0.297 e. The Hall–Kier alpha value is -3.44. The Morgan fingerprint density at radius 3 is 2.38 bits per heavy atom. The molecule has 0 aliphatic rings. The summed E-state index contributed by atoms with van der Waals surface area (Å²) in [5.74, 6) is 0. The average Bonchev–Trinajstić information content (AvgIpc) is 2.84. The number of pyridine rings is 1. The van der Waals surface area contributed by atoms with E-state index >= 15 is 0 Å². The van der Waals surface area contributed by atoms with E-state index < -0.39 is 0 Å². The molecule has 0 bridgehead atoms. The molecule has 0 saturated carbocycles. The molecule has 5 heteroatoms. The van der Waals surface area contributed by atoms with Crippen LogP contribution in [0.25, 0.3) is 27.7 Å². The molecule has 3 heterocycles. The number of nitriles is 2. The zero-order valence-corrected chi connectivity index (χ0v) is 10.8. The van der Waals surface area contributed by atoms with Crippen LogP contribution in [0.5, 0.6) is 0 Å². The lowest BCUT2D eigenvalue weighted by atomic mass is 10.2. The fourth-order valence-electron chi connectivity index (χ4n) is 2.50. The number of rotatable bonds is 0. The van der Waals surface area contributed by atoms with E-state index in [1.807, 2.05) is 24.3 Å². The van der Waals surface area contributed by atoms with Crippen molar-refractivity contribution in [1.29, 1.82) is 10.5 Å². The molecule has 96 valence electrons. The Kier molecular flexibility index (Phi) is 2.18. The van der Waals surface area contributed by atoms with Gasteiger partial charge in [-0.3, -0.25) is 4.40 Å². The molecule has 0 N–H and O–H groups in total. The van der Waals surface area contributed by atoms with Crippen molar-refractivity contribution in [3.8, 4) is 12.1 Å². The highest BCUT2D eigenvalue weighted by atomic mass is 15.0. The normalized spacial score (nSPS) is 10.8. The lowest BCUT2D eigenvalue weighted by molar-refractivity contribution is 1.19. The number of benzene rings is 1. The van der Waals surface area contributed by atoms with Crippen LogP contribution >= 0.6 is 0 Å². The molecular formula is C16H7N5. The van der Waals surface area contributed by atoms with E-state index in [-0.39, 0.29) is 0 Å². The molecule has 0 fully saturated rings. The number of nitrogens with zero attached hydrogens (tertiary/aromatic N) is 5. The zero-order chi connectivity index (χ0) is 14.4. The molecule has 0 aliphatic heterocycles. The maximum Gasteiger partial charge on any atom is 0.165 e. The molecule has 4 aromatic rings. The second kappa shape index (κ2) is 4.03. The van der Waals surface area contributed by atoms with Gasteiger partial charge in [-0.05, 0) is 24.3 Å². The molecular weight excluding hydrogens is 262 g/mol. The lowest BCUT2D eigenvalue weighted by Gasteiger charge is -1.98. The van der Waals surface area contributed by atoms with Gasteiger partial charge in [0.2, 0.25) is 0 Å². The van der Waals surface area contributed by atoms with E-state index in [1.165, 1.54) is 0 Å². The van der Waals surface area contributed by atoms with Gasteiger partial charge in [0.25, 0.3) is 0 Å². The molecule has 0 amide bonds. The Balaban J connectivity index is 2.29. The minimum Gasteiger partial charge on any atom is -0.297 e. The first kappa shape index (κ1) is 11.4. The number of para-hydroxylation sites is 2. The molecule has 0 aliphatic carbocycles. The number of aromatic nitrogens is 3. The molecule has 0 radical (unpaired) electrons. The summed E-state index contributed by atoms with van der Waals surface area (Å²) in [6, 6.07) is 15.3. The van der Waals surface area contributed by atoms with Crippen LogP contribution in [0.4, 0.5) is 0 Å². The lowest BCUT2D eigenvalue weighted by Crippen LogP contribution is -1.90. The molecule has 0 unspecified atom stereocenters. The van der Waals surface area contributed by atoms with Crippen LogP contribution in [0.2, 0.25) is 0 Å². The van der Waals surface area contributed by atoms with Gasteiger partial charge >= 0.3 is 0 Å². The average molecular weight is 269 g/mol. The minimum absolute atomic E-state index is 0.479. The van der Waals surface area contributed by atoms with Crippen molar-refractivity contribution in [2.75, 3.05) is 0 Å². The first-order chi connectivity index (χ1) is 10.3. The van der Waals surface area contributed by atoms with Crippen LogP contribution < -0.4 is 0 Å². The van der Waals surface area contributed by atoms with Gasteiger partial charge in [-0.25, -0.2) is 9.97 Å². The van der Waals surface area contributed by atoms with E-state index in [9.17, 15) is 5.26 Å². The number of hydrogen-bond donors (Lipinski definition) is 0. The zero-order valence-electron chi connectivity index (χ0n) is 10.8. The van der Waals surface area contributed by atoms with Crippen molar-refractivity contribution >= 4 is 27.7 Å². The van der Waals surface area contributed by atoms with Crippen molar-refractivity contribution in [2.45, 2.75) is 0 Å². The molecule has 4 rings (SSSR count). The molecule has 0 saturated heterocycles. The number of fused-ring (bicyclic) bond motifs is 4. The summed E-state index contributed by atoms with van der Waals surface area (Å²) >= 11 is 0. The second-order valence-corrected chi connectivity index (χ2v) is 4.66. The highest BCUT2D eigenvalue weighted by molar-refractivity contribution is 5.94. The molecule has 3 aromatic heterocycles. The third-order valence-corrected chi connectivity index (χ3v) is 3.46. The predicted octanol–water partition coefficient (Wildman–Crippen LogP) is 2.78. The van der Waals surface area contributed by atoms with Gasteiger partial charge in [0.15, 0.2) is 5.65 Å². The standard InChI is InChI=1S/C16H7N5/c17-7-10-5-6-14-11(8-18)15-16(21(14)9-10)20-13-4-2-1-3-12(13)19-15/h1-6,9H. The third-order valence-electron chi connectivity index (χ3n) is 3.46. The smallest absolute Gasteiger partial charge is 0.165 e. The monoisotopic (exact) mass is 269 g/mol. The summed E-state index contributed by atoms with van der Waals surface area (Å²) < 4.78 is 1.76.